The minimum absolute atomic E-state index is 0.304. The lowest BCUT2D eigenvalue weighted by atomic mass is 10.2. The summed E-state index contributed by atoms with van der Waals surface area (Å²) >= 11 is 0. The molecule has 0 heterocycles. The van der Waals surface area contributed by atoms with Crippen LogP contribution in [-0.2, 0) is 4.74 Å². The van der Waals surface area contributed by atoms with Crippen LogP contribution in [0.4, 0.5) is 0 Å². The highest BCUT2D eigenvalue weighted by molar-refractivity contribution is 5.55. The summed E-state index contributed by atoms with van der Waals surface area (Å²) in [4.78, 5) is 0. The van der Waals surface area contributed by atoms with Crippen LogP contribution in [0, 0.1) is 0 Å². The van der Waals surface area contributed by atoms with Gasteiger partial charge in [0.15, 0.2) is 6.79 Å². The fourth-order valence-corrected chi connectivity index (χ4v) is 1.09. The Bertz CT molecular complexity index is 281. The monoisotopic (exact) mass is 192 g/mol. The van der Waals surface area contributed by atoms with E-state index in [2.05, 4.69) is 13.5 Å². The van der Waals surface area contributed by atoms with Crippen molar-refractivity contribution in [1.82, 2.24) is 0 Å². The highest BCUT2D eigenvalue weighted by atomic mass is 16.7. The molecule has 0 saturated carbocycles. The SMILES string of the molecule is C=Cc1ccccc1OCOCCC. The molecular formula is C12H16O2. The Labute approximate surface area is 85.2 Å². The van der Waals surface area contributed by atoms with Crippen molar-refractivity contribution < 1.29 is 9.47 Å². The van der Waals surface area contributed by atoms with E-state index >= 15 is 0 Å². The first-order valence-electron chi connectivity index (χ1n) is 4.80. The van der Waals surface area contributed by atoms with Crippen LogP contribution in [0.3, 0.4) is 0 Å². The van der Waals surface area contributed by atoms with E-state index in [0.29, 0.717) is 6.79 Å². The van der Waals surface area contributed by atoms with E-state index in [1.807, 2.05) is 24.3 Å². The lowest BCUT2D eigenvalue weighted by molar-refractivity contribution is 0.0156. The summed E-state index contributed by atoms with van der Waals surface area (Å²) in [6.45, 7) is 6.82. The maximum Gasteiger partial charge on any atom is 0.189 e. The van der Waals surface area contributed by atoms with Gasteiger partial charge in [-0.3, -0.25) is 0 Å². The molecule has 0 radical (unpaired) electrons. The molecule has 0 aliphatic heterocycles. The molecule has 0 atom stereocenters. The Morgan fingerprint density at radius 3 is 2.86 bits per heavy atom. The number of hydrogen-bond acceptors (Lipinski definition) is 2. The van der Waals surface area contributed by atoms with Crippen molar-refractivity contribution in [1.29, 1.82) is 0 Å². The first-order chi connectivity index (χ1) is 6.88. The van der Waals surface area contributed by atoms with Gasteiger partial charge in [0.25, 0.3) is 0 Å². The normalized spacial score (nSPS) is 9.79. The van der Waals surface area contributed by atoms with Crippen LogP contribution in [0.25, 0.3) is 6.08 Å². The highest BCUT2D eigenvalue weighted by Gasteiger charge is 1.97. The third-order valence-corrected chi connectivity index (χ3v) is 1.79. The molecule has 0 aromatic heterocycles. The van der Waals surface area contributed by atoms with Gasteiger partial charge in [0.2, 0.25) is 0 Å². The number of rotatable bonds is 6. The van der Waals surface area contributed by atoms with E-state index < -0.39 is 0 Å². The van der Waals surface area contributed by atoms with E-state index in [1.165, 1.54) is 0 Å². The second-order valence-electron chi connectivity index (χ2n) is 2.91. The summed E-state index contributed by atoms with van der Waals surface area (Å²) < 4.78 is 10.7. The molecule has 1 rings (SSSR count). The van der Waals surface area contributed by atoms with E-state index in [0.717, 1.165) is 24.3 Å². The predicted molar refractivity (Wildman–Crippen MR) is 58.3 cm³/mol. The molecule has 0 aliphatic rings. The molecule has 1 aromatic carbocycles. The van der Waals surface area contributed by atoms with E-state index in [-0.39, 0.29) is 0 Å². The zero-order chi connectivity index (χ0) is 10.2. The van der Waals surface area contributed by atoms with E-state index in [1.54, 1.807) is 6.08 Å². The van der Waals surface area contributed by atoms with Gasteiger partial charge in [-0.2, -0.15) is 0 Å². The van der Waals surface area contributed by atoms with Crippen molar-refractivity contribution in [2.45, 2.75) is 13.3 Å². The average Bonchev–Trinajstić information content (AvgIpc) is 2.25. The molecule has 2 heteroatoms. The summed E-state index contributed by atoms with van der Waals surface area (Å²) in [7, 11) is 0. The quantitative estimate of drug-likeness (QED) is 0.509. The van der Waals surface area contributed by atoms with Crippen molar-refractivity contribution in [2.24, 2.45) is 0 Å². The first-order valence-corrected chi connectivity index (χ1v) is 4.80. The summed E-state index contributed by atoms with van der Waals surface area (Å²) in [5.74, 6) is 0.818. The zero-order valence-corrected chi connectivity index (χ0v) is 8.53. The van der Waals surface area contributed by atoms with Crippen LogP contribution in [0.5, 0.6) is 5.75 Å². The Balaban J connectivity index is 2.45. The van der Waals surface area contributed by atoms with Crippen LogP contribution in [0.1, 0.15) is 18.9 Å². The Kier molecular flexibility index (Phi) is 4.79. The summed E-state index contributed by atoms with van der Waals surface area (Å²) in [5, 5.41) is 0. The molecule has 0 saturated heterocycles. The van der Waals surface area contributed by atoms with Crippen molar-refractivity contribution in [3.05, 3.63) is 36.4 Å². The van der Waals surface area contributed by atoms with Gasteiger partial charge in [0, 0.05) is 5.56 Å². The number of ether oxygens (including phenoxy) is 2. The lowest BCUT2D eigenvalue weighted by Gasteiger charge is -2.08. The van der Waals surface area contributed by atoms with Gasteiger partial charge in [-0.25, -0.2) is 0 Å². The summed E-state index contributed by atoms with van der Waals surface area (Å²) in [6.07, 6.45) is 2.78. The van der Waals surface area contributed by atoms with Crippen LogP contribution in [-0.4, -0.2) is 13.4 Å². The fourth-order valence-electron chi connectivity index (χ4n) is 1.09. The zero-order valence-electron chi connectivity index (χ0n) is 8.53. The maximum absolute atomic E-state index is 5.44. The molecule has 1 aromatic rings. The molecular weight excluding hydrogens is 176 g/mol. The Hall–Kier alpha value is -1.28. The molecule has 0 unspecified atom stereocenters. The Morgan fingerprint density at radius 1 is 1.36 bits per heavy atom. The predicted octanol–water partition coefficient (Wildman–Crippen LogP) is 3.09. The van der Waals surface area contributed by atoms with Crippen molar-refractivity contribution in [3.63, 3.8) is 0 Å². The van der Waals surface area contributed by atoms with Gasteiger partial charge in [0.1, 0.15) is 5.75 Å². The summed E-state index contributed by atoms with van der Waals surface area (Å²) in [5.41, 5.74) is 0.993. The van der Waals surface area contributed by atoms with Crippen LogP contribution in [0.2, 0.25) is 0 Å². The van der Waals surface area contributed by atoms with Gasteiger partial charge in [0.05, 0.1) is 6.61 Å². The fraction of sp³-hybridized carbons (Fsp3) is 0.333. The smallest absolute Gasteiger partial charge is 0.189 e. The third kappa shape index (κ3) is 3.23. The minimum atomic E-state index is 0.304. The van der Waals surface area contributed by atoms with Crippen molar-refractivity contribution in [3.8, 4) is 5.75 Å². The molecule has 76 valence electrons. The number of benzene rings is 1. The molecule has 0 spiro atoms. The van der Waals surface area contributed by atoms with E-state index in [9.17, 15) is 0 Å². The second kappa shape index (κ2) is 6.22. The van der Waals surface area contributed by atoms with Gasteiger partial charge in [-0.15, -0.1) is 0 Å². The third-order valence-electron chi connectivity index (χ3n) is 1.79. The number of para-hydroxylation sites is 1. The van der Waals surface area contributed by atoms with Gasteiger partial charge in [-0.05, 0) is 12.5 Å². The second-order valence-corrected chi connectivity index (χ2v) is 2.91. The van der Waals surface area contributed by atoms with Gasteiger partial charge < -0.3 is 9.47 Å². The van der Waals surface area contributed by atoms with Gasteiger partial charge >= 0.3 is 0 Å². The Morgan fingerprint density at radius 2 is 2.14 bits per heavy atom. The topological polar surface area (TPSA) is 18.5 Å². The molecule has 0 bridgehead atoms. The molecule has 0 amide bonds. The van der Waals surface area contributed by atoms with Crippen LogP contribution >= 0.6 is 0 Å². The number of hydrogen-bond donors (Lipinski definition) is 0. The van der Waals surface area contributed by atoms with Gasteiger partial charge in [-0.1, -0.05) is 37.8 Å². The average molecular weight is 192 g/mol. The molecule has 0 N–H and O–H groups in total. The van der Waals surface area contributed by atoms with Crippen molar-refractivity contribution >= 4 is 6.08 Å². The standard InChI is InChI=1S/C12H16O2/c1-3-9-13-10-14-12-8-6-5-7-11(12)4-2/h4-8H,2-3,9-10H2,1H3. The molecule has 14 heavy (non-hydrogen) atoms. The van der Waals surface area contributed by atoms with E-state index in [4.69, 9.17) is 9.47 Å². The van der Waals surface area contributed by atoms with Crippen molar-refractivity contribution in [2.75, 3.05) is 13.4 Å². The lowest BCUT2D eigenvalue weighted by Crippen LogP contribution is -2.04. The highest BCUT2D eigenvalue weighted by Crippen LogP contribution is 2.18. The van der Waals surface area contributed by atoms with Crippen LogP contribution < -0.4 is 4.74 Å². The molecule has 0 aliphatic carbocycles. The maximum atomic E-state index is 5.44. The molecule has 0 fully saturated rings. The summed E-state index contributed by atoms with van der Waals surface area (Å²) in [6, 6.07) is 7.76. The van der Waals surface area contributed by atoms with Crippen LogP contribution in [0.15, 0.2) is 30.8 Å². The minimum Gasteiger partial charge on any atom is -0.467 e. The molecule has 2 nitrogen and oxygen atoms in total. The first kappa shape index (κ1) is 10.8. The largest absolute Gasteiger partial charge is 0.467 e.